The maximum Gasteiger partial charge on any atom is 0.481 e. The van der Waals surface area contributed by atoms with E-state index in [2.05, 4.69) is 31.4 Å². The van der Waals surface area contributed by atoms with Crippen molar-refractivity contribution in [1.29, 1.82) is 0 Å². The molecule has 8 unspecified atom stereocenters. The van der Waals surface area contributed by atoms with E-state index >= 15 is 0 Å². The van der Waals surface area contributed by atoms with Gasteiger partial charge in [0.25, 0.3) is 0 Å². The number of likely N-dealkylation sites (tertiary alicyclic amines) is 1. The number of ether oxygens (including phenoxy) is 2. The third-order valence-electron chi connectivity index (χ3n) is 12.1. The topological polar surface area (TPSA) is 136 Å². The van der Waals surface area contributed by atoms with Crippen LogP contribution in [-0.4, -0.2) is 88.9 Å². The Morgan fingerprint density at radius 1 is 0.980 bits per heavy atom. The Morgan fingerprint density at radius 2 is 1.63 bits per heavy atom. The summed E-state index contributed by atoms with van der Waals surface area (Å²) in [6.45, 7) is 20.4. The lowest BCUT2D eigenvalue weighted by Gasteiger charge is -2.64. The summed E-state index contributed by atoms with van der Waals surface area (Å²) < 4.78 is 24.7. The summed E-state index contributed by atoms with van der Waals surface area (Å²) in [6.07, 6.45) is 0.698. The Bertz CT molecular complexity index is 1510. The Hall–Kier alpha value is -3.32. The molecule has 0 radical (unpaired) electrons. The summed E-state index contributed by atoms with van der Waals surface area (Å²) in [6, 6.07) is 5.88. The molecule has 0 aromatic heterocycles. The summed E-state index contributed by atoms with van der Waals surface area (Å²) in [5.74, 6) is -0.331. The van der Waals surface area contributed by atoms with Gasteiger partial charge in [-0.25, -0.2) is 9.59 Å². The van der Waals surface area contributed by atoms with Crippen LogP contribution in [0, 0.1) is 22.7 Å². The van der Waals surface area contributed by atoms with Gasteiger partial charge in [-0.1, -0.05) is 65.8 Å². The maximum atomic E-state index is 14.4. The fraction of sp³-hybridized carbons (Fsp3) is 0.737. The highest BCUT2D eigenvalue weighted by atomic mass is 16.7. The monoisotopic (exact) mass is 708 g/mol. The average molecular weight is 709 g/mol. The average Bonchev–Trinajstić information content (AvgIpc) is 3.75. The van der Waals surface area contributed by atoms with Crippen LogP contribution in [0.25, 0.3) is 0 Å². The van der Waals surface area contributed by atoms with E-state index in [9.17, 15) is 19.2 Å². The van der Waals surface area contributed by atoms with E-state index in [1.54, 1.807) is 25.7 Å². The van der Waals surface area contributed by atoms with Crippen molar-refractivity contribution in [2.45, 2.75) is 149 Å². The first-order chi connectivity index (χ1) is 23.7. The largest absolute Gasteiger partial charge is 0.481 e. The third kappa shape index (κ3) is 7.21. The number of amides is 4. The first-order valence-electron chi connectivity index (χ1n) is 18.7. The smallest absolute Gasteiger partial charge is 0.444 e. The summed E-state index contributed by atoms with van der Waals surface area (Å²) in [4.78, 5) is 58.2. The number of hydrogen-bond donors (Lipinski definition) is 2. The standard InChI is InChI=1S/C38H57BN4O8/c1-11-29(39-50-28-17-24-16-27(37(24,8)9)38(28,10)51-39)40-31(44)26-18-25(48-34(47)42-19-22-14-12-13-15-23(22)20-42)21-43(26)32(45)30(35(2,3)4)41-33(46)49-36(5,6)7/h12-15,24-30H,11,16-21H2,1-10H3,(H,40,44)(H,41,46). The van der Waals surface area contributed by atoms with Crippen molar-refractivity contribution in [2.24, 2.45) is 22.7 Å². The third-order valence-corrected chi connectivity index (χ3v) is 12.1. The number of hydrogen-bond acceptors (Lipinski definition) is 8. The van der Waals surface area contributed by atoms with Crippen LogP contribution >= 0.6 is 0 Å². The SMILES string of the molecule is CCC(NC(=O)C1CC(OC(=O)N2Cc3ccccc3C2)CN1C(=O)C(NC(=O)OC(C)(C)C)C(C)(C)C)B1OC2CC3CC(C3(C)C)C2(C)O1. The zero-order valence-corrected chi connectivity index (χ0v) is 32.0. The molecule has 3 heterocycles. The number of fused-ring (bicyclic) bond motifs is 1. The molecule has 12 nitrogen and oxygen atoms in total. The number of benzene rings is 1. The second-order valence-corrected chi connectivity index (χ2v) is 18.2. The van der Waals surface area contributed by atoms with Crippen LogP contribution in [0.5, 0.6) is 0 Å². The van der Waals surface area contributed by atoms with E-state index in [1.807, 2.05) is 52.0 Å². The van der Waals surface area contributed by atoms with Crippen molar-refractivity contribution in [3.8, 4) is 0 Å². The number of alkyl carbamates (subject to hydrolysis) is 1. The Labute approximate surface area is 303 Å². The minimum atomic E-state index is -1.02. The van der Waals surface area contributed by atoms with Crippen molar-refractivity contribution in [3.63, 3.8) is 0 Å². The fourth-order valence-electron chi connectivity index (χ4n) is 9.01. The summed E-state index contributed by atoms with van der Waals surface area (Å²) in [7, 11) is -0.628. The molecule has 3 aliphatic carbocycles. The van der Waals surface area contributed by atoms with Gasteiger partial charge >= 0.3 is 19.3 Å². The summed E-state index contributed by atoms with van der Waals surface area (Å²) >= 11 is 0. The predicted octanol–water partition coefficient (Wildman–Crippen LogP) is 5.21. The van der Waals surface area contributed by atoms with Gasteiger partial charge in [-0.3, -0.25) is 14.5 Å². The second kappa shape index (κ2) is 13.3. The number of carbonyl (C=O) groups excluding carboxylic acids is 4. The lowest BCUT2D eigenvalue weighted by Crippen LogP contribution is -2.65. The molecule has 4 amide bonds. The van der Waals surface area contributed by atoms with Gasteiger partial charge in [0.1, 0.15) is 23.8 Å². The summed E-state index contributed by atoms with van der Waals surface area (Å²) in [5.41, 5.74) is 0.367. The number of nitrogens with zero attached hydrogens (tertiary/aromatic N) is 2. The van der Waals surface area contributed by atoms with Gasteiger partial charge in [0.15, 0.2) is 0 Å². The van der Waals surface area contributed by atoms with Crippen molar-refractivity contribution in [1.82, 2.24) is 20.4 Å². The van der Waals surface area contributed by atoms with Crippen LogP contribution in [0.15, 0.2) is 24.3 Å². The van der Waals surface area contributed by atoms with Gasteiger partial charge in [-0.15, -0.1) is 0 Å². The van der Waals surface area contributed by atoms with Crippen LogP contribution in [0.1, 0.15) is 106 Å². The van der Waals surface area contributed by atoms with Crippen molar-refractivity contribution in [2.75, 3.05) is 6.54 Å². The molecular weight excluding hydrogens is 651 g/mol. The van der Waals surface area contributed by atoms with Crippen molar-refractivity contribution >= 4 is 31.1 Å². The zero-order valence-electron chi connectivity index (χ0n) is 32.0. The lowest BCUT2D eigenvalue weighted by atomic mass is 9.43. The molecule has 3 saturated carbocycles. The van der Waals surface area contributed by atoms with Crippen LogP contribution in [0.2, 0.25) is 0 Å². The van der Waals surface area contributed by atoms with Crippen LogP contribution in [0.4, 0.5) is 9.59 Å². The van der Waals surface area contributed by atoms with Gasteiger partial charge in [0.2, 0.25) is 11.8 Å². The molecule has 51 heavy (non-hydrogen) atoms. The molecule has 280 valence electrons. The van der Waals surface area contributed by atoms with Crippen molar-refractivity contribution < 1.29 is 38.0 Å². The van der Waals surface area contributed by atoms with Gasteiger partial charge < -0.3 is 34.3 Å². The highest BCUT2D eigenvalue weighted by molar-refractivity contribution is 6.47. The van der Waals surface area contributed by atoms with Crippen LogP contribution < -0.4 is 10.6 Å². The molecule has 2 N–H and O–H groups in total. The quantitative estimate of drug-likeness (QED) is 0.369. The molecule has 8 atom stereocenters. The highest BCUT2D eigenvalue weighted by Crippen LogP contribution is 2.65. The molecule has 1 aromatic carbocycles. The number of rotatable bonds is 7. The van der Waals surface area contributed by atoms with Gasteiger partial charge in [-0.05, 0) is 80.8 Å². The second-order valence-electron chi connectivity index (χ2n) is 18.2. The van der Waals surface area contributed by atoms with Gasteiger partial charge in [-0.2, -0.15) is 0 Å². The molecule has 2 bridgehead atoms. The lowest BCUT2D eigenvalue weighted by molar-refractivity contribution is -0.199. The molecule has 5 fully saturated rings. The van der Waals surface area contributed by atoms with Crippen LogP contribution in [-0.2, 0) is 41.5 Å². The number of carbonyl (C=O) groups is 4. The zero-order chi connectivity index (χ0) is 37.3. The fourth-order valence-corrected chi connectivity index (χ4v) is 9.01. The van der Waals surface area contributed by atoms with E-state index < -0.39 is 66.0 Å². The molecule has 6 aliphatic rings. The normalized spacial score (nSPS) is 30.5. The molecule has 3 aliphatic heterocycles. The molecule has 13 heteroatoms. The minimum absolute atomic E-state index is 0.00244. The van der Waals surface area contributed by atoms with E-state index in [1.165, 1.54) is 4.90 Å². The summed E-state index contributed by atoms with van der Waals surface area (Å²) in [5, 5.41) is 5.92. The van der Waals surface area contributed by atoms with E-state index in [-0.39, 0.29) is 30.4 Å². The van der Waals surface area contributed by atoms with E-state index in [4.69, 9.17) is 18.8 Å². The number of nitrogens with one attached hydrogen (secondary N) is 2. The Balaban J connectivity index is 1.19. The molecular formula is C38H57BN4O8. The predicted molar refractivity (Wildman–Crippen MR) is 191 cm³/mol. The molecule has 7 rings (SSSR count). The first-order valence-corrected chi connectivity index (χ1v) is 18.7. The Kier molecular flexibility index (Phi) is 9.74. The van der Waals surface area contributed by atoms with Crippen LogP contribution in [0.3, 0.4) is 0 Å². The highest BCUT2D eigenvalue weighted by Gasteiger charge is 2.68. The van der Waals surface area contributed by atoms with E-state index in [0.717, 1.165) is 24.0 Å². The van der Waals surface area contributed by atoms with Crippen molar-refractivity contribution in [3.05, 3.63) is 35.4 Å². The first kappa shape index (κ1) is 37.4. The molecule has 2 saturated heterocycles. The Morgan fingerprint density at radius 3 is 2.20 bits per heavy atom. The molecule has 0 spiro atoms. The minimum Gasteiger partial charge on any atom is -0.444 e. The van der Waals surface area contributed by atoms with E-state index in [0.29, 0.717) is 31.3 Å². The van der Waals surface area contributed by atoms with Gasteiger partial charge in [0, 0.05) is 19.5 Å². The molecule has 1 aromatic rings. The van der Waals surface area contributed by atoms with Gasteiger partial charge in [0.05, 0.1) is 24.2 Å². The maximum absolute atomic E-state index is 14.4.